The summed E-state index contributed by atoms with van der Waals surface area (Å²) in [6.07, 6.45) is 0.338. The molecule has 172 valence electrons. The lowest BCUT2D eigenvalue weighted by Gasteiger charge is -2.32. The lowest BCUT2D eigenvalue weighted by Crippen LogP contribution is -2.31. The van der Waals surface area contributed by atoms with Crippen LogP contribution in [-0.4, -0.2) is 39.3 Å². The van der Waals surface area contributed by atoms with Crippen molar-refractivity contribution in [2.45, 2.75) is 34.1 Å². The van der Waals surface area contributed by atoms with E-state index >= 15 is 0 Å². The Labute approximate surface area is 199 Å². The lowest BCUT2D eigenvalue weighted by molar-refractivity contribution is -0.121. The highest BCUT2D eigenvalue weighted by atomic mass is 32.2. The molecule has 0 saturated carbocycles. The number of hydrogen-bond acceptors (Lipinski definition) is 5. The number of fused-ring (bicyclic) bond motifs is 2. The maximum atomic E-state index is 12.8. The van der Waals surface area contributed by atoms with Crippen molar-refractivity contribution in [3.63, 3.8) is 0 Å². The van der Waals surface area contributed by atoms with Gasteiger partial charge in [-0.25, -0.2) is 12.7 Å². The van der Waals surface area contributed by atoms with Crippen molar-refractivity contribution in [1.29, 1.82) is 0 Å². The Morgan fingerprint density at radius 3 is 2.03 bits per heavy atom. The van der Waals surface area contributed by atoms with Crippen molar-refractivity contribution < 1.29 is 13.2 Å². The number of nitrogens with one attached hydrogen (secondary N) is 1. The average Bonchev–Trinajstić information content (AvgIpc) is 2.81. The van der Waals surface area contributed by atoms with Crippen LogP contribution < -0.4 is 10.2 Å². The Morgan fingerprint density at radius 2 is 1.48 bits per heavy atom. The summed E-state index contributed by atoms with van der Waals surface area (Å²) in [4.78, 5) is 17.6. The minimum atomic E-state index is -3.47. The van der Waals surface area contributed by atoms with Gasteiger partial charge in [0, 0.05) is 36.9 Å². The van der Waals surface area contributed by atoms with E-state index in [0.717, 1.165) is 16.9 Å². The number of hydrogen-bond donors (Lipinski definition) is 1. The van der Waals surface area contributed by atoms with Gasteiger partial charge in [0.1, 0.15) is 0 Å². The normalized spacial score (nSPS) is 13.9. The second-order valence-electron chi connectivity index (χ2n) is 8.08. The zero-order valence-corrected chi connectivity index (χ0v) is 20.5. The number of benzene rings is 3. The number of anilines is 2. The topological polar surface area (TPSA) is 69.7 Å². The fourth-order valence-corrected chi connectivity index (χ4v) is 5.77. The third-order valence-corrected chi connectivity index (χ3v) is 8.59. The third-order valence-electron chi connectivity index (χ3n) is 5.63. The van der Waals surface area contributed by atoms with E-state index < -0.39 is 10.0 Å². The minimum absolute atomic E-state index is 0.0549. The maximum Gasteiger partial charge on any atom is 0.242 e. The lowest BCUT2D eigenvalue weighted by atomic mass is 10.1. The van der Waals surface area contributed by atoms with Gasteiger partial charge in [0.15, 0.2) is 0 Å². The van der Waals surface area contributed by atoms with Gasteiger partial charge in [-0.05, 0) is 48.9 Å². The van der Waals surface area contributed by atoms with Crippen molar-refractivity contribution >= 4 is 39.1 Å². The van der Waals surface area contributed by atoms with E-state index in [1.165, 1.54) is 28.2 Å². The summed E-state index contributed by atoms with van der Waals surface area (Å²) in [5.41, 5.74) is 3.07. The molecule has 0 aromatic heterocycles. The van der Waals surface area contributed by atoms with E-state index in [1.54, 1.807) is 36.0 Å². The quantitative estimate of drug-likeness (QED) is 0.525. The number of rotatable bonds is 7. The molecule has 1 aliphatic rings. The van der Waals surface area contributed by atoms with Crippen LogP contribution in [0.5, 0.6) is 0 Å². The molecule has 0 fully saturated rings. The third kappa shape index (κ3) is 4.93. The Bertz CT molecular complexity index is 1210. The van der Waals surface area contributed by atoms with Crippen LogP contribution in [0.4, 0.5) is 11.4 Å². The zero-order valence-electron chi connectivity index (χ0n) is 18.9. The van der Waals surface area contributed by atoms with Crippen LogP contribution in [0.25, 0.3) is 0 Å². The molecule has 0 spiro atoms. The molecule has 3 aromatic carbocycles. The molecule has 0 aliphatic carbocycles. The van der Waals surface area contributed by atoms with Gasteiger partial charge in [0.2, 0.25) is 15.9 Å². The summed E-state index contributed by atoms with van der Waals surface area (Å²) in [6, 6.07) is 22.9. The van der Waals surface area contributed by atoms with Crippen LogP contribution in [0, 0.1) is 0 Å². The predicted octanol–water partition coefficient (Wildman–Crippen LogP) is 4.81. The number of carbonyl (C=O) groups is 1. The highest BCUT2D eigenvalue weighted by Crippen LogP contribution is 2.47. The summed E-state index contributed by atoms with van der Waals surface area (Å²) in [5.74, 6) is -0.0549. The van der Waals surface area contributed by atoms with Gasteiger partial charge in [-0.1, -0.05) is 48.2 Å². The number of nitrogens with zero attached hydrogens (tertiary/aromatic N) is 2. The largest absolute Gasteiger partial charge is 0.350 e. The highest BCUT2D eigenvalue weighted by Gasteiger charge is 2.23. The van der Waals surface area contributed by atoms with Crippen molar-refractivity contribution in [3.05, 3.63) is 78.4 Å². The predicted molar refractivity (Wildman–Crippen MR) is 133 cm³/mol. The van der Waals surface area contributed by atoms with Crippen LogP contribution in [-0.2, 0) is 14.8 Å². The molecule has 33 heavy (non-hydrogen) atoms. The smallest absolute Gasteiger partial charge is 0.242 e. The van der Waals surface area contributed by atoms with Crippen molar-refractivity contribution in [2.24, 2.45) is 0 Å². The van der Waals surface area contributed by atoms with Crippen LogP contribution in [0.1, 0.15) is 24.9 Å². The molecule has 0 radical (unpaired) electrons. The second-order valence-corrected chi connectivity index (χ2v) is 11.3. The Hall–Kier alpha value is -2.81. The monoisotopic (exact) mass is 481 g/mol. The average molecular weight is 482 g/mol. The second kappa shape index (κ2) is 9.59. The van der Waals surface area contributed by atoms with Gasteiger partial charge in [-0.15, -0.1) is 0 Å². The van der Waals surface area contributed by atoms with Gasteiger partial charge in [-0.3, -0.25) is 4.79 Å². The molecule has 1 heterocycles. The number of sulfonamides is 1. The Balaban J connectivity index is 1.42. The summed E-state index contributed by atoms with van der Waals surface area (Å²) in [7, 11) is -0.466. The van der Waals surface area contributed by atoms with Crippen molar-refractivity contribution in [1.82, 2.24) is 9.62 Å². The molecule has 1 unspecified atom stereocenters. The van der Waals surface area contributed by atoms with Crippen molar-refractivity contribution in [2.75, 3.05) is 25.5 Å². The highest BCUT2D eigenvalue weighted by molar-refractivity contribution is 7.99. The first-order valence-corrected chi connectivity index (χ1v) is 13.0. The van der Waals surface area contributed by atoms with Crippen molar-refractivity contribution in [3.8, 4) is 0 Å². The van der Waals surface area contributed by atoms with Gasteiger partial charge in [0.05, 0.1) is 22.3 Å². The summed E-state index contributed by atoms with van der Waals surface area (Å²) in [6.45, 7) is 2.46. The molecule has 1 N–H and O–H groups in total. The van der Waals surface area contributed by atoms with Gasteiger partial charge < -0.3 is 10.2 Å². The first-order chi connectivity index (χ1) is 15.8. The van der Waals surface area contributed by atoms with Crippen LogP contribution >= 0.6 is 11.8 Å². The molecule has 1 amide bonds. The number of para-hydroxylation sites is 2. The van der Waals surface area contributed by atoms with E-state index in [2.05, 4.69) is 34.5 Å². The van der Waals surface area contributed by atoms with E-state index in [1.807, 2.05) is 31.2 Å². The standard InChI is InChI=1S/C25H27N3O3S2/c1-18(19-12-14-20(15-13-19)33(30,31)27(2)3)26-25(29)16-17-28-21-8-4-6-10-23(21)32-24-11-7-5-9-22(24)28/h4-15,18H,16-17H2,1-3H3,(H,26,29). The van der Waals surface area contributed by atoms with E-state index in [9.17, 15) is 13.2 Å². The SMILES string of the molecule is CC(NC(=O)CCN1c2ccccc2Sc2ccccc21)c1ccc(S(=O)(=O)N(C)C)cc1. The fraction of sp³-hybridized carbons (Fsp3) is 0.240. The van der Waals surface area contributed by atoms with Gasteiger partial charge >= 0.3 is 0 Å². The minimum Gasteiger partial charge on any atom is -0.350 e. The summed E-state index contributed by atoms with van der Waals surface area (Å²) in [5, 5.41) is 3.03. The van der Waals surface area contributed by atoms with E-state index in [0.29, 0.717) is 13.0 Å². The fourth-order valence-electron chi connectivity index (χ4n) is 3.77. The molecule has 1 aliphatic heterocycles. The van der Waals surface area contributed by atoms with Gasteiger partial charge in [-0.2, -0.15) is 0 Å². The first-order valence-electron chi connectivity index (χ1n) is 10.7. The first kappa shape index (κ1) is 23.4. The molecular weight excluding hydrogens is 454 g/mol. The van der Waals surface area contributed by atoms with Crippen LogP contribution in [0.2, 0.25) is 0 Å². The molecule has 0 bridgehead atoms. The Morgan fingerprint density at radius 1 is 0.939 bits per heavy atom. The molecule has 4 rings (SSSR count). The summed E-state index contributed by atoms with van der Waals surface area (Å²) >= 11 is 1.74. The molecule has 8 heteroatoms. The number of carbonyl (C=O) groups excluding carboxylic acids is 1. The molecular formula is C25H27N3O3S2. The van der Waals surface area contributed by atoms with E-state index in [4.69, 9.17) is 0 Å². The van der Waals surface area contributed by atoms with Crippen LogP contribution in [0.3, 0.4) is 0 Å². The Kier molecular flexibility index (Phi) is 6.78. The van der Waals surface area contributed by atoms with Crippen LogP contribution in [0.15, 0.2) is 87.5 Å². The molecule has 6 nitrogen and oxygen atoms in total. The summed E-state index contributed by atoms with van der Waals surface area (Å²) < 4.78 is 25.7. The molecule has 3 aromatic rings. The van der Waals surface area contributed by atoms with Gasteiger partial charge in [0.25, 0.3) is 0 Å². The zero-order chi connectivity index (χ0) is 23.6. The van der Waals surface area contributed by atoms with E-state index in [-0.39, 0.29) is 16.8 Å². The molecule has 0 saturated heterocycles. The molecule has 1 atom stereocenters. The number of amides is 1. The maximum absolute atomic E-state index is 12.8.